The zero-order valence-electron chi connectivity index (χ0n) is 16.6. The Bertz CT molecular complexity index is 924. The van der Waals surface area contributed by atoms with E-state index in [2.05, 4.69) is 20.6 Å². The molecule has 28 heavy (non-hydrogen) atoms. The fourth-order valence-corrected chi connectivity index (χ4v) is 3.24. The number of amidine groups is 2. The van der Waals surface area contributed by atoms with Gasteiger partial charge < -0.3 is 10.6 Å². The van der Waals surface area contributed by atoms with Crippen molar-refractivity contribution in [1.29, 1.82) is 0 Å². The van der Waals surface area contributed by atoms with Gasteiger partial charge in [-0.25, -0.2) is 9.98 Å². The fraction of sp³-hybridized carbons (Fsp3) is 0.273. The van der Waals surface area contributed by atoms with E-state index in [9.17, 15) is 9.59 Å². The van der Waals surface area contributed by atoms with Gasteiger partial charge in [-0.15, -0.1) is 0 Å². The Morgan fingerprint density at radius 1 is 0.714 bits per heavy atom. The first-order valence-electron chi connectivity index (χ1n) is 9.40. The quantitative estimate of drug-likeness (QED) is 0.536. The lowest BCUT2D eigenvalue weighted by Gasteiger charge is -2.18. The first-order valence-corrected chi connectivity index (χ1v) is 9.40. The van der Waals surface area contributed by atoms with Crippen LogP contribution < -0.4 is 10.6 Å². The molecule has 0 bridgehead atoms. The second-order valence-corrected chi connectivity index (χ2v) is 6.57. The molecule has 0 unspecified atom stereocenters. The molecule has 2 N–H and O–H groups in total. The number of nitrogens with one attached hydrogen (secondary N) is 2. The predicted octanol–water partition coefficient (Wildman–Crippen LogP) is 3.78. The second kappa shape index (κ2) is 8.17. The van der Waals surface area contributed by atoms with Crippen molar-refractivity contribution in [2.45, 2.75) is 27.7 Å². The van der Waals surface area contributed by atoms with E-state index in [0.29, 0.717) is 33.6 Å². The number of hydrogen-bond donors (Lipinski definition) is 2. The molecular formula is C22H24N4O2. The highest BCUT2D eigenvalue weighted by molar-refractivity contribution is 6.28. The summed E-state index contributed by atoms with van der Waals surface area (Å²) in [4.78, 5) is 34.9. The van der Waals surface area contributed by atoms with Crippen LogP contribution in [0.4, 0.5) is 11.4 Å². The van der Waals surface area contributed by atoms with E-state index in [4.69, 9.17) is 0 Å². The van der Waals surface area contributed by atoms with Gasteiger partial charge in [0.25, 0.3) is 0 Å². The molecule has 6 heteroatoms. The van der Waals surface area contributed by atoms with Crippen molar-refractivity contribution in [3.63, 3.8) is 0 Å². The van der Waals surface area contributed by atoms with Crippen LogP contribution in [0.3, 0.4) is 0 Å². The van der Waals surface area contributed by atoms with Gasteiger partial charge in [-0.2, -0.15) is 0 Å². The third kappa shape index (κ3) is 3.86. The third-order valence-corrected chi connectivity index (χ3v) is 4.44. The molecule has 0 radical (unpaired) electrons. The van der Waals surface area contributed by atoms with E-state index in [0.717, 1.165) is 24.8 Å². The van der Waals surface area contributed by atoms with Gasteiger partial charge in [0.15, 0.2) is 11.6 Å². The number of carbonyl (C=O) groups is 2. The monoisotopic (exact) mass is 376 g/mol. The van der Waals surface area contributed by atoms with Gasteiger partial charge in [0, 0.05) is 35.3 Å². The van der Waals surface area contributed by atoms with Crippen molar-refractivity contribution >= 4 is 34.6 Å². The number of rotatable bonds is 4. The zero-order valence-corrected chi connectivity index (χ0v) is 16.6. The molecule has 3 rings (SSSR count). The summed E-state index contributed by atoms with van der Waals surface area (Å²) in [5.74, 6) is 1.19. The van der Waals surface area contributed by atoms with E-state index in [1.807, 2.05) is 27.7 Å². The molecule has 1 aliphatic rings. The van der Waals surface area contributed by atoms with Crippen LogP contribution in [0.25, 0.3) is 0 Å². The summed E-state index contributed by atoms with van der Waals surface area (Å²) >= 11 is 0. The SMILES string of the molecule is CCNC(C)=Nc1ccc2c(c1)C(=O)c1ccc(N=C(C)NCC)cc1C2=O. The van der Waals surface area contributed by atoms with Crippen molar-refractivity contribution in [2.24, 2.45) is 9.98 Å². The highest BCUT2D eigenvalue weighted by Gasteiger charge is 2.30. The van der Waals surface area contributed by atoms with Crippen LogP contribution in [-0.4, -0.2) is 36.3 Å². The molecule has 2 aromatic carbocycles. The maximum Gasteiger partial charge on any atom is 0.194 e. The average Bonchev–Trinajstić information content (AvgIpc) is 2.66. The highest BCUT2D eigenvalue weighted by Crippen LogP contribution is 2.32. The maximum atomic E-state index is 13.0. The van der Waals surface area contributed by atoms with Gasteiger partial charge >= 0.3 is 0 Å². The Labute approximate surface area is 164 Å². The molecule has 144 valence electrons. The van der Waals surface area contributed by atoms with E-state index >= 15 is 0 Å². The highest BCUT2D eigenvalue weighted by atomic mass is 16.1. The maximum absolute atomic E-state index is 13.0. The molecule has 0 amide bonds. The van der Waals surface area contributed by atoms with Gasteiger partial charge in [-0.05, 0) is 64.1 Å². The number of aliphatic imine (C=N–C) groups is 2. The Balaban J connectivity index is 2.00. The van der Waals surface area contributed by atoms with Crippen molar-refractivity contribution in [3.8, 4) is 0 Å². The molecule has 0 fully saturated rings. The topological polar surface area (TPSA) is 82.9 Å². The predicted molar refractivity (Wildman–Crippen MR) is 113 cm³/mol. The van der Waals surface area contributed by atoms with Gasteiger partial charge in [0.2, 0.25) is 0 Å². The number of fused-ring (bicyclic) bond motifs is 2. The van der Waals surface area contributed by atoms with Crippen LogP contribution in [0.1, 0.15) is 59.5 Å². The van der Waals surface area contributed by atoms with Gasteiger partial charge in [-0.3, -0.25) is 9.59 Å². The molecule has 0 heterocycles. The molecule has 0 saturated heterocycles. The third-order valence-electron chi connectivity index (χ3n) is 4.44. The van der Waals surface area contributed by atoms with E-state index < -0.39 is 0 Å². The van der Waals surface area contributed by atoms with Crippen molar-refractivity contribution in [3.05, 3.63) is 58.7 Å². The summed E-state index contributed by atoms with van der Waals surface area (Å²) in [7, 11) is 0. The molecule has 6 nitrogen and oxygen atoms in total. The number of hydrogen-bond acceptors (Lipinski definition) is 4. The Morgan fingerprint density at radius 2 is 1.11 bits per heavy atom. The minimum atomic E-state index is -0.165. The first kappa shape index (κ1) is 19.5. The minimum absolute atomic E-state index is 0.165. The summed E-state index contributed by atoms with van der Waals surface area (Å²) in [5, 5.41) is 6.24. The molecule has 0 spiro atoms. The van der Waals surface area contributed by atoms with Crippen LogP contribution in [0, 0.1) is 0 Å². The summed E-state index contributed by atoms with van der Waals surface area (Å²) in [5.41, 5.74) is 2.88. The summed E-state index contributed by atoms with van der Waals surface area (Å²) in [6, 6.07) is 10.2. The lowest BCUT2D eigenvalue weighted by molar-refractivity contribution is 0.0979. The fourth-order valence-electron chi connectivity index (χ4n) is 3.24. The number of benzene rings is 2. The molecule has 1 aliphatic carbocycles. The Morgan fingerprint density at radius 3 is 1.46 bits per heavy atom. The smallest absolute Gasteiger partial charge is 0.194 e. The van der Waals surface area contributed by atoms with Crippen molar-refractivity contribution in [2.75, 3.05) is 13.1 Å². The summed E-state index contributed by atoms with van der Waals surface area (Å²) in [6.07, 6.45) is 0. The van der Waals surface area contributed by atoms with Crippen molar-refractivity contribution < 1.29 is 9.59 Å². The molecule has 2 aromatic rings. The van der Waals surface area contributed by atoms with Crippen LogP contribution in [0.5, 0.6) is 0 Å². The van der Waals surface area contributed by atoms with Crippen LogP contribution in [0.15, 0.2) is 46.4 Å². The largest absolute Gasteiger partial charge is 0.374 e. The summed E-state index contributed by atoms with van der Waals surface area (Å²) < 4.78 is 0. The number of ketones is 2. The minimum Gasteiger partial charge on any atom is -0.374 e. The molecular weight excluding hydrogens is 352 g/mol. The Hall–Kier alpha value is -3.28. The standard InChI is InChI=1S/C22H24N4O2/c1-5-23-13(3)25-15-7-9-17-19(11-15)21(27)18-10-8-16(12-20(18)22(17)28)26-14(4)24-6-2/h7-12H,5-6H2,1-4H3,(H,23,25)(H,24,26). The normalized spacial score (nSPS) is 13.9. The summed E-state index contributed by atoms with van der Waals surface area (Å²) in [6.45, 7) is 9.24. The zero-order chi connectivity index (χ0) is 20.3. The first-order chi connectivity index (χ1) is 13.4. The van der Waals surface area contributed by atoms with Crippen LogP contribution >= 0.6 is 0 Å². The van der Waals surface area contributed by atoms with E-state index in [1.165, 1.54) is 0 Å². The number of carbonyl (C=O) groups excluding carboxylic acids is 2. The van der Waals surface area contributed by atoms with Crippen LogP contribution in [-0.2, 0) is 0 Å². The van der Waals surface area contributed by atoms with Gasteiger partial charge in [0.1, 0.15) is 0 Å². The average molecular weight is 376 g/mol. The molecule has 0 saturated carbocycles. The Kier molecular flexibility index (Phi) is 5.68. The van der Waals surface area contributed by atoms with Gasteiger partial charge in [-0.1, -0.05) is 0 Å². The van der Waals surface area contributed by atoms with Crippen LogP contribution in [0.2, 0.25) is 0 Å². The number of nitrogens with zero attached hydrogens (tertiary/aromatic N) is 2. The van der Waals surface area contributed by atoms with Gasteiger partial charge in [0.05, 0.1) is 23.0 Å². The molecule has 0 aliphatic heterocycles. The van der Waals surface area contributed by atoms with Crippen molar-refractivity contribution in [1.82, 2.24) is 10.6 Å². The molecule has 0 aromatic heterocycles. The lowest BCUT2D eigenvalue weighted by Crippen LogP contribution is -2.21. The van der Waals surface area contributed by atoms with E-state index in [1.54, 1.807) is 36.4 Å². The molecule has 0 atom stereocenters. The lowest BCUT2D eigenvalue weighted by atomic mass is 9.83. The second-order valence-electron chi connectivity index (χ2n) is 6.57. The van der Waals surface area contributed by atoms with E-state index in [-0.39, 0.29) is 11.6 Å².